The number of ether oxygens (including phenoxy) is 1. The lowest BCUT2D eigenvalue weighted by Gasteiger charge is -2.22. The molecule has 2 aromatic carbocycles. The lowest BCUT2D eigenvalue weighted by Crippen LogP contribution is -2.26. The van der Waals surface area contributed by atoms with E-state index in [4.69, 9.17) is 4.74 Å². The maximum Gasteiger partial charge on any atom is 0.250 e. The Morgan fingerprint density at radius 2 is 1.69 bits per heavy atom. The second-order valence-corrected chi connectivity index (χ2v) is 9.09. The van der Waals surface area contributed by atoms with Crippen molar-refractivity contribution in [2.24, 2.45) is 7.05 Å². The molecule has 182 valence electrons. The third kappa shape index (κ3) is 7.52. The number of hydrogen-bond donors (Lipinski definition) is 0. The van der Waals surface area contributed by atoms with Crippen LogP contribution in [0.5, 0.6) is 5.75 Å². The summed E-state index contributed by atoms with van der Waals surface area (Å²) < 4.78 is 7.65. The van der Waals surface area contributed by atoms with E-state index in [9.17, 15) is 4.79 Å². The molecule has 5 nitrogen and oxygen atoms in total. The summed E-state index contributed by atoms with van der Waals surface area (Å²) in [5, 5.41) is 1.02. The molecule has 0 unspecified atom stereocenters. The Hall–Kier alpha value is -3.44. The largest absolute Gasteiger partial charge is 0.494 e. The molecule has 0 amide bonds. The van der Waals surface area contributed by atoms with Crippen LogP contribution in [0.1, 0.15) is 36.8 Å². The monoisotopic (exact) mass is 469 g/mol. The van der Waals surface area contributed by atoms with Crippen LogP contribution in [-0.2, 0) is 20.0 Å². The van der Waals surface area contributed by atoms with E-state index >= 15 is 0 Å². The Morgan fingerprint density at radius 3 is 2.51 bits per heavy atom. The van der Waals surface area contributed by atoms with E-state index in [0.29, 0.717) is 6.61 Å². The van der Waals surface area contributed by atoms with Gasteiger partial charge in [-0.15, -0.1) is 0 Å². The predicted molar refractivity (Wildman–Crippen MR) is 143 cm³/mol. The maximum absolute atomic E-state index is 11.8. The third-order valence-electron chi connectivity index (χ3n) is 6.40. The second-order valence-electron chi connectivity index (χ2n) is 9.09. The molecule has 2 aromatic heterocycles. The zero-order chi connectivity index (χ0) is 24.3. The molecule has 5 heteroatoms. The van der Waals surface area contributed by atoms with E-state index in [1.54, 1.807) is 17.7 Å². The number of aromatic nitrogens is 2. The van der Waals surface area contributed by atoms with Crippen LogP contribution >= 0.6 is 0 Å². The molecule has 4 aromatic rings. The van der Waals surface area contributed by atoms with Crippen LogP contribution in [0.3, 0.4) is 0 Å². The zero-order valence-electron chi connectivity index (χ0n) is 20.6. The first kappa shape index (κ1) is 24.7. The minimum atomic E-state index is 0.00352. The van der Waals surface area contributed by atoms with Crippen LogP contribution in [0.2, 0.25) is 0 Å². The summed E-state index contributed by atoms with van der Waals surface area (Å²) in [6, 6.07) is 24.3. The van der Waals surface area contributed by atoms with Gasteiger partial charge in [-0.2, -0.15) is 0 Å². The SMILES string of the molecule is Cn1c(=O)ccc2cc(OCCCCCN(CCCc3ccccc3)Cc3cccnc3)ccc21. The van der Waals surface area contributed by atoms with Crippen LogP contribution in [-0.4, -0.2) is 34.1 Å². The Bertz CT molecular complexity index is 1240. The van der Waals surface area contributed by atoms with Crippen LogP contribution in [0, 0.1) is 0 Å². The molecule has 0 aliphatic heterocycles. The smallest absolute Gasteiger partial charge is 0.250 e. The van der Waals surface area contributed by atoms with E-state index in [2.05, 4.69) is 46.3 Å². The van der Waals surface area contributed by atoms with Crippen molar-refractivity contribution in [3.8, 4) is 5.75 Å². The molecular weight excluding hydrogens is 434 g/mol. The van der Waals surface area contributed by atoms with E-state index in [1.165, 1.54) is 11.1 Å². The lowest BCUT2D eigenvalue weighted by molar-refractivity contribution is 0.248. The normalized spacial score (nSPS) is 11.3. The summed E-state index contributed by atoms with van der Waals surface area (Å²) in [6.45, 7) is 3.81. The number of pyridine rings is 2. The highest BCUT2D eigenvalue weighted by Crippen LogP contribution is 2.19. The van der Waals surface area contributed by atoms with Crippen LogP contribution in [0.15, 0.2) is 90.0 Å². The minimum absolute atomic E-state index is 0.00352. The zero-order valence-corrected chi connectivity index (χ0v) is 20.6. The molecule has 0 saturated carbocycles. The number of unbranched alkanes of at least 4 members (excludes halogenated alkanes) is 2. The van der Waals surface area contributed by atoms with Crippen molar-refractivity contribution in [3.63, 3.8) is 0 Å². The van der Waals surface area contributed by atoms with Crippen molar-refractivity contribution >= 4 is 10.9 Å². The molecule has 0 spiro atoms. The van der Waals surface area contributed by atoms with Crippen LogP contribution in [0.25, 0.3) is 10.9 Å². The first-order valence-corrected chi connectivity index (χ1v) is 12.6. The maximum atomic E-state index is 11.8. The number of benzene rings is 2. The first-order valence-electron chi connectivity index (χ1n) is 12.6. The Balaban J connectivity index is 1.21. The molecule has 4 rings (SSSR count). The predicted octanol–water partition coefficient (Wildman–Crippen LogP) is 5.62. The fourth-order valence-electron chi connectivity index (χ4n) is 4.43. The van der Waals surface area contributed by atoms with E-state index in [-0.39, 0.29) is 5.56 Å². The van der Waals surface area contributed by atoms with Gasteiger partial charge in [0, 0.05) is 37.4 Å². The molecule has 0 aliphatic carbocycles. The lowest BCUT2D eigenvalue weighted by atomic mass is 10.1. The van der Waals surface area contributed by atoms with Crippen molar-refractivity contribution in [1.82, 2.24) is 14.5 Å². The molecule has 0 bridgehead atoms. The van der Waals surface area contributed by atoms with Gasteiger partial charge in [0.15, 0.2) is 0 Å². The van der Waals surface area contributed by atoms with Crippen LogP contribution in [0.4, 0.5) is 0 Å². The van der Waals surface area contributed by atoms with E-state index in [1.807, 2.05) is 42.7 Å². The summed E-state index contributed by atoms with van der Waals surface area (Å²) in [7, 11) is 1.80. The van der Waals surface area contributed by atoms with Gasteiger partial charge in [-0.1, -0.05) is 36.4 Å². The van der Waals surface area contributed by atoms with E-state index in [0.717, 1.165) is 68.4 Å². The molecule has 2 heterocycles. The number of hydrogen-bond acceptors (Lipinski definition) is 4. The standard InChI is InChI=1S/C30H35N3O2/c1-32-29-16-15-28(22-27(29)14-17-30(32)34)35-21-7-3-6-19-33(24-26-12-8-18-31-23-26)20-9-13-25-10-4-2-5-11-25/h2,4-5,8,10-12,14-18,22-23H,3,6-7,9,13,19-21,24H2,1H3. The van der Waals surface area contributed by atoms with Gasteiger partial charge in [0.25, 0.3) is 5.56 Å². The molecule has 0 saturated heterocycles. The summed E-state index contributed by atoms with van der Waals surface area (Å²) in [5.41, 5.74) is 3.60. The average molecular weight is 470 g/mol. The highest BCUT2D eigenvalue weighted by molar-refractivity contribution is 5.80. The van der Waals surface area contributed by atoms with Crippen molar-refractivity contribution in [2.75, 3.05) is 19.7 Å². The fraction of sp³-hybridized carbons (Fsp3) is 0.333. The molecule has 0 N–H and O–H groups in total. The number of fused-ring (bicyclic) bond motifs is 1. The fourth-order valence-corrected chi connectivity index (χ4v) is 4.43. The van der Waals surface area contributed by atoms with Gasteiger partial charge in [0.2, 0.25) is 0 Å². The quantitative estimate of drug-likeness (QED) is 0.239. The molecule has 0 radical (unpaired) electrons. The highest BCUT2D eigenvalue weighted by Gasteiger charge is 2.07. The van der Waals surface area contributed by atoms with Gasteiger partial charge in [-0.3, -0.25) is 14.7 Å². The summed E-state index contributed by atoms with van der Waals surface area (Å²) in [6.07, 6.45) is 9.37. The topological polar surface area (TPSA) is 47.4 Å². The molecule has 0 atom stereocenters. The van der Waals surface area contributed by atoms with Crippen molar-refractivity contribution < 1.29 is 4.74 Å². The van der Waals surface area contributed by atoms with Gasteiger partial charge in [-0.05, 0) is 86.7 Å². The Morgan fingerprint density at radius 1 is 0.857 bits per heavy atom. The van der Waals surface area contributed by atoms with Gasteiger partial charge >= 0.3 is 0 Å². The average Bonchev–Trinajstić information content (AvgIpc) is 2.89. The van der Waals surface area contributed by atoms with Crippen molar-refractivity contribution in [2.45, 2.75) is 38.6 Å². The van der Waals surface area contributed by atoms with Gasteiger partial charge in [0.1, 0.15) is 5.75 Å². The molecule has 0 aliphatic rings. The van der Waals surface area contributed by atoms with Crippen molar-refractivity contribution in [3.05, 3.63) is 107 Å². The van der Waals surface area contributed by atoms with Gasteiger partial charge < -0.3 is 9.30 Å². The summed E-state index contributed by atoms with van der Waals surface area (Å²) in [4.78, 5) is 18.6. The molecule has 35 heavy (non-hydrogen) atoms. The number of nitrogens with zero attached hydrogens (tertiary/aromatic N) is 3. The van der Waals surface area contributed by atoms with Gasteiger partial charge in [0.05, 0.1) is 12.1 Å². The highest BCUT2D eigenvalue weighted by atomic mass is 16.5. The van der Waals surface area contributed by atoms with Gasteiger partial charge in [-0.25, -0.2) is 0 Å². The second kappa shape index (κ2) is 12.9. The summed E-state index contributed by atoms with van der Waals surface area (Å²) >= 11 is 0. The van der Waals surface area contributed by atoms with E-state index < -0.39 is 0 Å². The minimum Gasteiger partial charge on any atom is -0.494 e. The number of aryl methyl sites for hydroxylation is 2. The third-order valence-corrected chi connectivity index (χ3v) is 6.40. The Labute approximate surface area is 208 Å². The number of rotatable bonds is 13. The molecular formula is C30H35N3O2. The molecule has 0 fully saturated rings. The van der Waals surface area contributed by atoms with Crippen LogP contribution < -0.4 is 10.3 Å². The summed E-state index contributed by atoms with van der Waals surface area (Å²) in [5.74, 6) is 0.857. The first-order chi connectivity index (χ1) is 17.2. The Kier molecular flexibility index (Phi) is 9.07. The van der Waals surface area contributed by atoms with Crippen molar-refractivity contribution in [1.29, 1.82) is 0 Å².